The minimum absolute atomic E-state index is 0.0352. The molecule has 7 nitrogen and oxygen atoms in total. The zero-order chi connectivity index (χ0) is 21.8. The predicted octanol–water partition coefficient (Wildman–Crippen LogP) is 5.54. The van der Waals surface area contributed by atoms with Crippen molar-refractivity contribution in [2.24, 2.45) is 5.11 Å². The SMILES string of the molecule is C=C(CC(=N)c1cc(-c2ccc(N3CCNCC3)cc2)ccc1Cl)c1coc(N=N)n1. The van der Waals surface area contributed by atoms with Gasteiger partial charge in [0.2, 0.25) is 0 Å². The topological polar surface area (TPSA) is 101 Å². The second-order valence-corrected chi connectivity index (χ2v) is 7.77. The minimum atomic E-state index is -0.0352. The lowest BCUT2D eigenvalue weighted by Gasteiger charge is -2.29. The molecular weight excluding hydrogens is 412 g/mol. The van der Waals surface area contributed by atoms with Gasteiger partial charge in [0.1, 0.15) is 12.0 Å². The first kappa shape index (κ1) is 21.0. The number of hydrogen-bond donors (Lipinski definition) is 3. The third-order valence-corrected chi connectivity index (χ3v) is 5.64. The number of aromatic nitrogens is 1. The van der Waals surface area contributed by atoms with Crippen LogP contribution in [0.25, 0.3) is 16.7 Å². The maximum absolute atomic E-state index is 8.55. The highest BCUT2D eigenvalue weighted by Gasteiger charge is 2.14. The molecule has 0 atom stereocenters. The molecule has 0 radical (unpaired) electrons. The van der Waals surface area contributed by atoms with Crippen molar-refractivity contribution in [3.8, 4) is 11.1 Å². The molecule has 0 unspecified atom stereocenters. The van der Waals surface area contributed by atoms with Gasteiger partial charge in [0.05, 0.1) is 0 Å². The zero-order valence-electron chi connectivity index (χ0n) is 17.0. The number of nitrogens with zero attached hydrogens (tertiary/aromatic N) is 3. The Morgan fingerprint density at radius 1 is 1.16 bits per heavy atom. The summed E-state index contributed by atoms with van der Waals surface area (Å²) in [6.07, 6.45) is 1.65. The number of nitrogens with one attached hydrogen (secondary N) is 3. The van der Waals surface area contributed by atoms with Crippen LogP contribution in [-0.4, -0.2) is 36.9 Å². The van der Waals surface area contributed by atoms with Gasteiger partial charge in [0.25, 0.3) is 0 Å². The van der Waals surface area contributed by atoms with Crippen molar-refractivity contribution in [3.05, 3.63) is 71.6 Å². The van der Waals surface area contributed by atoms with E-state index >= 15 is 0 Å². The molecule has 1 aliphatic rings. The van der Waals surface area contributed by atoms with E-state index in [-0.39, 0.29) is 12.4 Å². The molecular formula is C23H23ClN6O. The van der Waals surface area contributed by atoms with Gasteiger partial charge >= 0.3 is 6.01 Å². The molecule has 1 fully saturated rings. The summed E-state index contributed by atoms with van der Waals surface area (Å²) >= 11 is 6.40. The van der Waals surface area contributed by atoms with Gasteiger partial charge in [-0.3, -0.25) is 0 Å². The van der Waals surface area contributed by atoms with Crippen LogP contribution in [0.1, 0.15) is 17.7 Å². The van der Waals surface area contributed by atoms with Gasteiger partial charge in [-0.25, -0.2) is 0 Å². The maximum Gasteiger partial charge on any atom is 0.340 e. The molecule has 31 heavy (non-hydrogen) atoms. The Labute approximate surface area is 185 Å². The van der Waals surface area contributed by atoms with E-state index in [4.69, 9.17) is 27.0 Å². The van der Waals surface area contributed by atoms with E-state index in [1.807, 2.05) is 18.2 Å². The molecule has 1 aliphatic heterocycles. The Hall–Kier alpha value is -3.29. The summed E-state index contributed by atoms with van der Waals surface area (Å²) in [4.78, 5) is 6.42. The summed E-state index contributed by atoms with van der Waals surface area (Å²) in [6.45, 7) is 8.01. The summed E-state index contributed by atoms with van der Waals surface area (Å²) in [6, 6.07) is 14.2. The molecule has 158 valence electrons. The second-order valence-electron chi connectivity index (χ2n) is 7.36. The molecule has 1 aromatic heterocycles. The number of halogens is 1. The fourth-order valence-corrected chi connectivity index (χ4v) is 3.83. The van der Waals surface area contributed by atoms with Crippen molar-refractivity contribution in [2.45, 2.75) is 6.42 Å². The van der Waals surface area contributed by atoms with Crippen LogP contribution in [0.15, 0.2) is 64.8 Å². The van der Waals surface area contributed by atoms with Crippen molar-refractivity contribution in [1.82, 2.24) is 10.3 Å². The number of anilines is 1. The number of rotatable bonds is 7. The predicted molar refractivity (Wildman–Crippen MR) is 124 cm³/mol. The lowest BCUT2D eigenvalue weighted by molar-refractivity contribution is 0.560. The van der Waals surface area contributed by atoms with Gasteiger partial charge < -0.3 is 20.0 Å². The van der Waals surface area contributed by atoms with Crippen molar-refractivity contribution in [3.63, 3.8) is 0 Å². The van der Waals surface area contributed by atoms with Crippen LogP contribution in [0.5, 0.6) is 0 Å². The van der Waals surface area contributed by atoms with Crippen LogP contribution in [0, 0.1) is 10.9 Å². The van der Waals surface area contributed by atoms with Crippen molar-refractivity contribution >= 4 is 34.6 Å². The van der Waals surface area contributed by atoms with E-state index < -0.39 is 0 Å². The summed E-state index contributed by atoms with van der Waals surface area (Å²) < 4.78 is 5.05. The van der Waals surface area contributed by atoms with Crippen molar-refractivity contribution in [2.75, 3.05) is 31.1 Å². The molecule has 0 amide bonds. The van der Waals surface area contributed by atoms with Gasteiger partial charge in [-0.15, -0.1) is 5.11 Å². The second kappa shape index (κ2) is 9.24. The molecule has 2 heterocycles. The Morgan fingerprint density at radius 3 is 2.55 bits per heavy atom. The smallest absolute Gasteiger partial charge is 0.340 e. The lowest BCUT2D eigenvalue weighted by Crippen LogP contribution is -2.43. The number of oxazole rings is 1. The average Bonchev–Trinajstić information content (AvgIpc) is 3.30. The van der Waals surface area contributed by atoms with Gasteiger partial charge in [0.15, 0.2) is 0 Å². The molecule has 8 heteroatoms. The van der Waals surface area contributed by atoms with Crippen molar-refractivity contribution < 1.29 is 4.42 Å². The summed E-state index contributed by atoms with van der Waals surface area (Å²) in [5.41, 5.74) is 12.3. The van der Waals surface area contributed by atoms with Crippen LogP contribution >= 0.6 is 11.6 Å². The Kier molecular flexibility index (Phi) is 6.25. The Bertz CT molecular complexity index is 1120. The molecule has 0 bridgehead atoms. The van der Waals surface area contributed by atoms with Crippen LogP contribution in [-0.2, 0) is 0 Å². The Balaban J connectivity index is 1.51. The van der Waals surface area contributed by atoms with Gasteiger partial charge in [-0.05, 0) is 41.0 Å². The number of hydrogen-bond acceptors (Lipinski definition) is 7. The molecule has 3 aromatic rings. The van der Waals surface area contributed by atoms with E-state index in [9.17, 15) is 0 Å². The number of benzene rings is 2. The first-order valence-electron chi connectivity index (χ1n) is 10.00. The molecule has 1 saturated heterocycles. The van der Waals surface area contributed by atoms with Crippen LogP contribution < -0.4 is 10.2 Å². The monoisotopic (exact) mass is 434 g/mol. The third-order valence-electron chi connectivity index (χ3n) is 5.31. The van der Waals surface area contributed by atoms with E-state index in [0.29, 0.717) is 27.6 Å². The highest BCUT2D eigenvalue weighted by molar-refractivity contribution is 6.34. The van der Waals surface area contributed by atoms with Crippen LogP contribution in [0.4, 0.5) is 11.7 Å². The maximum atomic E-state index is 8.55. The first-order valence-corrected chi connectivity index (χ1v) is 10.4. The van der Waals surface area contributed by atoms with Gasteiger partial charge in [0, 0.05) is 54.6 Å². The highest BCUT2D eigenvalue weighted by atomic mass is 35.5. The largest absolute Gasteiger partial charge is 0.429 e. The molecule has 0 aliphatic carbocycles. The summed E-state index contributed by atoms with van der Waals surface area (Å²) in [5, 5.41) is 15.6. The molecule has 0 saturated carbocycles. The fourth-order valence-electron chi connectivity index (χ4n) is 3.60. The Morgan fingerprint density at radius 2 is 1.87 bits per heavy atom. The van der Waals surface area contributed by atoms with Crippen LogP contribution in [0.2, 0.25) is 5.02 Å². The highest BCUT2D eigenvalue weighted by Crippen LogP contribution is 2.29. The van der Waals surface area contributed by atoms with E-state index in [0.717, 1.165) is 37.3 Å². The van der Waals surface area contributed by atoms with Gasteiger partial charge in [-0.1, -0.05) is 36.4 Å². The van der Waals surface area contributed by atoms with Crippen LogP contribution in [0.3, 0.4) is 0 Å². The van der Waals surface area contributed by atoms with Gasteiger partial charge in [-0.2, -0.15) is 10.5 Å². The first-order chi connectivity index (χ1) is 15.0. The molecule has 0 spiro atoms. The van der Waals surface area contributed by atoms with E-state index in [1.54, 1.807) is 0 Å². The molecule has 3 N–H and O–H groups in total. The lowest BCUT2D eigenvalue weighted by atomic mass is 9.97. The summed E-state index contributed by atoms with van der Waals surface area (Å²) in [7, 11) is 0. The number of allylic oxidation sites excluding steroid dienone is 1. The number of piperazine rings is 1. The average molecular weight is 435 g/mol. The molecule has 4 rings (SSSR count). The third kappa shape index (κ3) is 4.73. The normalized spacial score (nSPS) is 13.8. The fraction of sp³-hybridized carbons (Fsp3) is 0.217. The quantitative estimate of drug-likeness (QED) is 0.335. The zero-order valence-corrected chi connectivity index (χ0v) is 17.7. The van der Waals surface area contributed by atoms with E-state index in [2.05, 4.69) is 51.2 Å². The van der Waals surface area contributed by atoms with Crippen molar-refractivity contribution in [1.29, 1.82) is 10.9 Å². The standard InChI is InChI=1S/C23H23ClN6O/c1-15(22-14-31-23(28-22)29-26)12-21(25)19-13-17(4-7-20(19)24)16-2-5-18(6-3-16)30-10-8-27-9-11-30/h2-7,13-14,25-27H,1,8-12H2. The minimum Gasteiger partial charge on any atom is -0.429 e. The molecule has 2 aromatic carbocycles. The summed E-state index contributed by atoms with van der Waals surface area (Å²) in [5.74, 6) is 0. The van der Waals surface area contributed by atoms with E-state index in [1.165, 1.54) is 12.0 Å².